The van der Waals surface area contributed by atoms with E-state index in [9.17, 15) is 0 Å². The molecule has 1 unspecified atom stereocenters. The van der Waals surface area contributed by atoms with Gasteiger partial charge in [-0.25, -0.2) is 0 Å². The predicted molar refractivity (Wildman–Crippen MR) is 133 cm³/mol. The molecule has 1 heterocycles. The second kappa shape index (κ2) is 7.17. The molecule has 0 aliphatic carbocycles. The van der Waals surface area contributed by atoms with Crippen LogP contribution < -0.4 is 0 Å². The summed E-state index contributed by atoms with van der Waals surface area (Å²) in [7, 11) is 0.774. The normalized spacial score (nSPS) is 11.7. The fourth-order valence-corrected chi connectivity index (χ4v) is 5.89. The number of hydrogen-bond donors (Lipinski definition) is 0. The van der Waals surface area contributed by atoms with Crippen molar-refractivity contribution in [3.05, 3.63) is 120 Å². The summed E-state index contributed by atoms with van der Waals surface area (Å²) in [5.41, 5.74) is 5.33. The highest BCUT2D eigenvalue weighted by Gasteiger charge is 2.07. The van der Waals surface area contributed by atoms with Gasteiger partial charge < -0.3 is 0 Å². The maximum atomic E-state index is 2.38. The molecule has 0 nitrogen and oxygen atoms in total. The Balaban J connectivity index is 1.41. The molecule has 0 N–H and O–H groups in total. The maximum absolute atomic E-state index is 2.38. The topological polar surface area (TPSA) is 0 Å². The van der Waals surface area contributed by atoms with Crippen LogP contribution in [0, 0.1) is 0 Å². The molecule has 0 aliphatic heterocycles. The Morgan fingerprint density at radius 1 is 0.500 bits per heavy atom. The SMILES string of the molecule is c1cc(Cc2cccc3ccccc23)cc(-c2ccc3[pH]c4ccccc4c3c2)c1. The Labute approximate surface area is 177 Å². The molecule has 142 valence electrons. The zero-order chi connectivity index (χ0) is 19.9. The Morgan fingerprint density at radius 3 is 2.20 bits per heavy atom. The minimum absolute atomic E-state index is 0.774. The minimum Gasteiger partial charge on any atom is -0.123 e. The van der Waals surface area contributed by atoms with E-state index in [0.29, 0.717) is 0 Å². The monoisotopic (exact) mass is 400 g/mol. The third kappa shape index (κ3) is 3.02. The van der Waals surface area contributed by atoms with Gasteiger partial charge in [0.05, 0.1) is 0 Å². The maximum Gasteiger partial charge on any atom is -0.000560 e. The molecule has 6 rings (SSSR count). The Morgan fingerprint density at radius 2 is 1.23 bits per heavy atom. The van der Waals surface area contributed by atoms with Gasteiger partial charge in [-0.2, -0.15) is 0 Å². The molecule has 1 aromatic heterocycles. The third-order valence-corrected chi connectivity index (χ3v) is 7.45. The summed E-state index contributed by atoms with van der Waals surface area (Å²) in [6.45, 7) is 0. The van der Waals surface area contributed by atoms with Crippen LogP contribution in [-0.2, 0) is 6.42 Å². The molecule has 0 amide bonds. The van der Waals surface area contributed by atoms with E-state index >= 15 is 0 Å². The molecule has 0 saturated carbocycles. The Hall–Kier alpha value is -3.34. The van der Waals surface area contributed by atoms with Crippen LogP contribution in [0.2, 0.25) is 0 Å². The standard InChI is InChI=1S/C29H21P/c1-2-12-25-21(8-1)9-6-11-24(25)18-20-7-5-10-22(17-20)23-15-16-29-27(19-23)26-13-3-4-14-28(26)30-29/h1-17,19,30H,18H2. The van der Waals surface area contributed by atoms with Crippen LogP contribution in [0.3, 0.4) is 0 Å². The number of hydrogen-bond acceptors (Lipinski definition) is 0. The largest absolute Gasteiger partial charge is 0.123 e. The van der Waals surface area contributed by atoms with Gasteiger partial charge in [0.1, 0.15) is 0 Å². The van der Waals surface area contributed by atoms with Crippen molar-refractivity contribution in [3.8, 4) is 11.1 Å². The quantitative estimate of drug-likeness (QED) is 0.280. The van der Waals surface area contributed by atoms with Crippen molar-refractivity contribution in [2.24, 2.45) is 0 Å². The van der Waals surface area contributed by atoms with Crippen LogP contribution in [0.1, 0.15) is 11.1 Å². The van der Waals surface area contributed by atoms with Crippen LogP contribution in [0.4, 0.5) is 0 Å². The second-order valence-corrected chi connectivity index (χ2v) is 9.27. The lowest BCUT2D eigenvalue weighted by atomic mass is 9.95. The highest BCUT2D eigenvalue weighted by Crippen LogP contribution is 2.39. The van der Waals surface area contributed by atoms with E-state index in [-0.39, 0.29) is 0 Å². The molecule has 1 atom stereocenters. The van der Waals surface area contributed by atoms with Crippen molar-refractivity contribution < 1.29 is 0 Å². The van der Waals surface area contributed by atoms with Gasteiger partial charge >= 0.3 is 0 Å². The summed E-state index contributed by atoms with van der Waals surface area (Å²) in [6.07, 6.45) is 0.949. The molecule has 0 aliphatic rings. The average molecular weight is 400 g/mol. The number of fused-ring (bicyclic) bond motifs is 4. The van der Waals surface area contributed by atoms with Crippen molar-refractivity contribution in [2.75, 3.05) is 0 Å². The van der Waals surface area contributed by atoms with Crippen molar-refractivity contribution in [2.45, 2.75) is 6.42 Å². The highest BCUT2D eigenvalue weighted by atomic mass is 31.0. The summed E-state index contributed by atoms with van der Waals surface area (Å²) in [4.78, 5) is 0. The Bertz CT molecular complexity index is 1510. The van der Waals surface area contributed by atoms with Crippen LogP contribution in [0.5, 0.6) is 0 Å². The summed E-state index contributed by atoms with van der Waals surface area (Å²) in [5, 5.41) is 8.39. The first-order chi connectivity index (χ1) is 14.8. The molecule has 30 heavy (non-hydrogen) atoms. The van der Waals surface area contributed by atoms with Gasteiger partial charge in [-0.15, -0.1) is 8.19 Å². The van der Waals surface area contributed by atoms with Crippen LogP contribution in [0.25, 0.3) is 42.9 Å². The predicted octanol–water partition coefficient (Wildman–Crippen LogP) is 8.44. The lowest BCUT2D eigenvalue weighted by Crippen LogP contribution is -1.90. The van der Waals surface area contributed by atoms with E-state index in [0.717, 1.165) is 14.6 Å². The average Bonchev–Trinajstić information content (AvgIpc) is 3.17. The first-order valence-corrected chi connectivity index (χ1v) is 11.4. The first-order valence-electron chi connectivity index (χ1n) is 10.4. The molecule has 0 bridgehead atoms. The molecule has 1 heteroatoms. The molecule has 0 saturated heterocycles. The van der Waals surface area contributed by atoms with Gasteiger partial charge in [-0.05, 0) is 72.6 Å². The molecule has 5 aromatic carbocycles. The fraction of sp³-hybridized carbons (Fsp3) is 0.0345. The van der Waals surface area contributed by atoms with Crippen molar-refractivity contribution >= 4 is 40.0 Å². The zero-order valence-electron chi connectivity index (χ0n) is 16.6. The van der Waals surface area contributed by atoms with E-state index in [4.69, 9.17) is 0 Å². The van der Waals surface area contributed by atoms with Gasteiger partial charge in [-0.1, -0.05) is 97.1 Å². The smallest absolute Gasteiger partial charge is 0.000560 e. The molecule has 0 fully saturated rings. The van der Waals surface area contributed by atoms with Crippen molar-refractivity contribution in [3.63, 3.8) is 0 Å². The fourth-order valence-electron chi connectivity index (χ4n) is 4.56. The third-order valence-electron chi connectivity index (χ3n) is 6.04. The summed E-state index contributed by atoms with van der Waals surface area (Å²) in [5.74, 6) is 0. The molecule has 6 aromatic rings. The van der Waals surface area contributed by atoms with Gasteiger partial charge in [0, 0.05) is 0 Å². The van der Waals surface area contributed by atoms with Gasteiger partial charge in [0.2, 0.25) is 0 Å². The highest BCUT2D eigenvalue weighted by molar-refractivity contribution is 7.43. The molecule has 0 radical (unpaired) electrons. The Kier molecular flexibility index (Phi) is 4.18. The van der Waals surface area contributed by atoms with Crippen LogP contribution >= 0.6 is 8.19 Å². The van der Waals surface area contributed by atoms with Crippen molar-refractivity contribution in [1.82, 2.24) is 0 Å². The van der Waals surface area contributed by atoms with Gasteiger partial charge in [0.15, 0.2) is 0 Å². The second-order valence-electron chi connectivity index (χ2n) is 7.95. The number of rotatable bonds is 3. The van der Waals surface area contributed by atoms with E-state index < -0.39 is 0 Å². The van der Waals surface area contributed by atoms with E-state index in [1.807, 2.05) is 0 Å². The van der Waals surface area contributed by atoms with Gasteiger partial charge in [0.25, 0.3) is 0 Å². The lowest BCUT2D eigenvalue weighted by Gasteiger charge is -2.09. The van der Waals surface area contributed by atoms with E-state index in [1.54, 1.807) is 0 Å². The minimum atomic E-state index is 0.774. The first kappa shape index (κ1) is 17.5. The van der Waals surface area contributed by atoms with Crippen LogP contribution in [-0.4, -0.2) is 0 Å². The van der Waals surface area contributed by atoms with E-state index in [1.165, 1.54) is 54.0 Å². The van der Waals surface area contributed by atoms with Gasteiger partial charge in [-0.3, -0.25) is 0 Å². The molecular formula is C29H21P. The molecule has 0 spiro atoms. The summed E-state index contributed by atoms with van der Waals surface area (Å²) in [6, 6.07) is 40.1. The van der Waals surface area contributed by atoms with Crippen molar-refractivity contribution in [1.29, 1.82) is 0 Å². The zero-order valence-corrected chi connectivity index (χ0v) is 17.6. The summed E-state index contributed by atoms with van der Waals surface area (Å²) >= 11 is 0. The summed E-state index contributed by atoms with van der Waals surface area (Å²) < 4.78 is 0. The van der Waals surface area contributed by atoms with Crippen LogP contribution in [0.15, 0.2) is 109 Å². The lowest BCUT2D eigenvalue weighted by molar-refractivity contribution is 1.21. The number of benzene rings is 5. The van der Waals surface area contributed by atoms with E-state index in [2.05, 4.69) is 109 Å². The molecular weight excluding hydrogens is 379 g/mol.